The number of rotatable bonds is 0. The molecule has 0 aliphatic carbocycles. The Hall–Kier alpha value is -1.51. The summed E-state index contributed by atoms with van der Waals surface area (Å²) in [6.07, 6.45) is -0.369. The summed E-state index contributed by atoms with van der Waals surface area (Å²) < 4.78 is 4.92. The van der Waals surface area contributed by atoms with Crippen LogP contribution in [-0.4, -0.2) is 6.09 Å². The molecule has 3 nitrogen and oxygen atoms in total. The molecule has 0 fully saturated rings. The molecule has 1 aliphatic heterocycles. The quantitative estimate of drug-likeness (QED) is 0.707. The minimum Gasteiger partial charge on any atom is -0.444 e. The summed E-state index contributed by atoms with van der Waals surface area (Å²) in [6.45, 7) is 6.86. The highest BCUT2D eigenvalue weighted by Gasteiger charge is 2.19. The number of carbonyl (C=O) groups is 1. The summed E-state index contributed by atoms with van der Waals surface area (Å²) in [4.78, 5) is 11.0. The van der Waals surface area contributed by atoms with Crippen molar-refractivity contribution in [2.75, 3.05) is 5.32 Å². The van der Waals surface area contributed by atoms with Gasteiger partial charge in [-0.15, -0.1) is 0 Å². The maximum Gasteiger partial charge on any atom is 0.411 e. The first-order valence-corrected chi connectivity index (χ1v) is 5.04. The summed E-state index contributed by atoms with van der Waals surface area (Å²) in [5.74, 6) is 0. The molecular formula is C12H15NO2. The Balaban J connectivity index is 2.39. The van der Waals surface area contributed by atoms with E-state index >= 15 is 0 Å². The lowest BCUT2D eigenvalue weighted by Crippen LogP contribution is -2.21. The zero-order valence-electron chi connectivity index (χ0n) is 9.26. The van der Waals surface area contributed by atoms with Crippen LogP contribution in [-0.2, 0) is 16.8 Å². The predicted octanol–water partition coefficient (Wildman–Crippen LogP) is 3.05. The van der Waals surface area contributed by atoms with E-state index in [-0.39, 0.29) is 11.5 Å². The van der Waals surface area contributed by atoms with E-state index in [0.29, 0.717) is 6.61 Å². The van der Waals surface area contributed by atoms with Crippen LogP contribution >= 0.6 is 0 Å². The van der Waals surface area contributed by atoms with Gasteiger partial charge in [-0.25, -0.2) is 4.79 Å². The monoisotopic (exact) mass is 205 g/mol. The van der Waals surface area contributed by atoms with Gasteiger partial charge in [0, 0.05) is 5.56 Å². The second-order valence-electron chi connectivity index (χ2n) is 4.82. The van der Waals surface area contributed by atoms with Crippen molar-refractivity contribution >= 4 is 11.8 Å². The fourth-order valence-corrected chi connectivity index (χ4v) is 1.59. The molecule has 15 heavy (non-hydrogen) atoms. The van der Waals surface area contributed by atoms with E-state index in [1.165, 1.54) is 5.56 Å². The van der Waals surface area contributed by atoms with E-state index in [2.05, 4.69) is 32.2 Å². The molecule has 1 aromatic carbocycles. The third-order valence-corrected chi connectivity index (χ3v) is 2.57. The maximum atomic E-state index is 11.0. The molecule has 0 bridgehead atoms. The van der Waals surface area contributed by atoms with E-state index in [1.54, 1.807) is 0 Å². The van der Waals surface area contributed by atoms with Gasteiger partial charge in [0.25, 0.3) is 0 Å². The second-order valence-corrected chi connectivity index (χ2v) is 4.82. The normalized spacial score (nSPS) is 15.3. The van der Waals surface area contributed by atoms with Gasteiger partial charge in [0.1, 0.15) is 6.61 Å². The van der Waals surface area contributed by atoms with Crippen LogP contribution in [0.1, 0.15) is 31.9 Å². The van der Waals surface area contributed by atoms with Crippen molar-refractivity contribution in [1.29, 1.82) is 0 Å². The van der Waals surface area contributed by atoms with Crippen molar-refractivity contribution < 1.29 is 9.53 Å². The van der Waals surface area contributed by atoms with Crippen LogP contribution in [0, 0.1) is 0 Å². The summed E-state index contributed by atoms with van der Waals surface area (Å²) in [6, 6.07) is 6.08. The van der Waals surface area contributed by atoms with E-state index in [4.69, 9.17) is 4.74 Å². The van der Waals surface area contributed by atoms with Crippen LogP contribution in [0.2, 0.25) is 0 Å². The van der Waals surface area contributed by atoms with Gasteiger partial charge in [-0.2, -0.15) is 0 Å². The number of fused-ring (bicyclic) bond motifs is 1. The van der Waals surface area contributed by atoms with Gasteiger partial charge in [-0.05, 0) is 23.1 Å². The first kappa shape index (κ1) is 10.0. The topological polar surface area (TPSA) is 38.3 Å². The molecule has 1 N–H and O–H groups in total. The lowest BCUT2D eigenvalue weighted by molar-refractivity contribution is 0.151. The SMILES string of the molecule is CC(C)(C)c1ccc2c(c1)COC(=O)N2. The Kier molecular flexibility index (Phi) is 2.18. The number of hydrogen-bond acceptors (Lipinski definition) is 2. The second kappa shape index (κ2) is 3.26. The molecule has 1 aliphatic rings. The molecule has 2 rings (SSSR count). The fourth-order valence-electron chi connectivity index (χ4n) is 1.59. The molecule has 0 radical (unpaired) electrons. The Labute approximate surface area is 89.4 Å². The molecule has 0 saturated carbocycles. The van der Waals surface area contributed by atoms with Crippen LogP contribution in [0.15, 0.2) is 18.2 Å². The Morgan fingerprint density at radius 2 is 2.07 bits per heavy atom. The first-order valence-electron chi connectivity index (χ1n) is 5.04. The standard InChI is InChI=1S/C12H15NO2/c1-12(2,3)9-4-5-10-8(6-9)7-15-11(14)13-10/h4-6H,7H2,1-3H3,(H,13,14). The van der Waals surface area contributed by atoms with Gasteiger partial charge in [0.05, 0.1) is 5.69 Å². The highest BCUT2D eigenvalue weighted by atomic mass is 16.5. The van der Waals surface area contributed by atoms with Crippen molar-refractivity contribution in [1.82, 2.24) is 0 Å². The highest BCUT2D eigenvalue weighted by Crippen LogP contribution is 2.28. The average molecular weight is 205 g/mol. The minimum atomic E-state index is -0.369. The molecule has 0 spiro atoms. The average Bonchev–Trinajstić information content (AvgIpc) is 2.15. The molecule has 80 valence electrons. The third kappa shape index (κ3) is 1.96. The number of benzene rings is 1. The van der Waals surface area contributed by atoms with Gasteiger partial charge >= 0.3 is 6.09 Å². The van der Waals surface area contributed by atoms with E-state index < -0.39 is 0 Å². The Bertz CT molecular complexity index is 405. The van der Waals surface area contributed by atoms with Crippen LogP contribution in [0.4, 0.5) is 10.5 Å². The molecule has 0 unspecified atom stereocenters. The first-order chi connectivity index (χ1) is 6.97. The van der Waals surface area contributed by atoms with Gasteiger partial charge in [0.2, 0.25) is 0 Å². The smallest absolute Gasteiger partial charge is 0.411 e. The van der Waals surface area contributed by atoms with E-state index in [1.807, 2.05) is 12.1 Å². The summed E-state index contributed by atoms with van der Waals surface area (Å²) >= 11 is 0. The van der Waals surface area contributed by atoms with Crippen LogP contribution in [0.25, 0.3) is 0 Å². The maximum absolute atomic E-state index is 11.0. The summed E-state index contributed by atoms with van der Waals surface area (Å²) in [7, 11) is 0. The van der Waals surface area contributed by atoms with E-state index in [9.17, 15) is 4.79 Å². The number of nitrogens with one attached hydrogen (secondary N) is 1. The molecule has 1 aromatic rings. The third-order valence-electron chi connectivity index (χ3n) is 2.57. The number of ether oxygens (including phenoxy) is 1. The number of amides is 1. The van der Waals surface area contributed by atoms with Crippen LogP contribution in [0.3, 0.4) is 0 Å². The number of cyclic esters (lactones) is 1. The fraction of sp³-hybridized carbons (Fsp3) is 0.417. The Morgan fingerprint density at radius 1 is 1.33 bits per heavy atom. The molecule has 0 atom stereocenters. The van der Waals surface area contributed by atoms with Crippen molar-refractivity contribution in [3.05, 3.63) is 29.3 Å². The van der Waals surface area contributed by atoms with Crippen molar-refractivity contribution in [3.63, 3.8) is 0 Å². The predicted molar refractivity (Wildman–Crippen MR) is 58.9 cm³/mol. The molecule has 1 amide bonds. The highest BCUT2D eigenvalue weighted by molar-refractivity contribution is 5.87. The molecule has 1 heterocycles. The van der Waals surface area contributed by atoms with Crippen LogP contribution < -0.4 is 5.32 Å². The summed E-state index contributed by atoms with van der Waals surface area (Å²) in [5, 5.41) is 2.68. The Morgan fingerprint density at radius 3 is 2.73 bits per heavy atom. The molecular weight excluding hydrogens is 190 g/mol. The largest absolute Gasteiger partial charge is 0.444 e. The minimum absolute atomic E-state index is 0.122. The lowest BCUT2D eigenvalue weighted by atomic mass is 9.86. The van der Waals surface area contributed by atoms with E-state index in [0.717, 1.165) is 11.3 Å². The molecule has 0 saturated heterocycles. The van der Waals surface area contributed by atoms with Gasteiger partial charge < -0.3 is 4.74 Å². The number of carbonyl (C=O) groups excluding carboxylic acids is 1. The van der Waals surface area contributed by atoms with Crippen LogP contribution in [0.5, 0.6) is 0 Å². The zero-order valence-corrected chi connectivity index (χ0v) is 9.26. The molecule has 3 heteroatoms. The number of anilines is 1. The van der Waals surface area contributed by atoms with Crippen molar-refractivity contribution in [3.8, 4) is 0 Å². The molecule has 0 aromatic heterocycles. The van der Waals surface area contributed by atoms with Crippen molar-refractivity contribution in [2.45, 2.75) is 32.8 Å². The number of hydrogen-bond donors (Lipinski definition) is 1. The lowest BCUT2D eigenvalue weighted by Gasteiger charge is -2.23. The summed E-state index contributed by atoms with van der Waals surface area (Å²) in [5.41, 5.74) is 3.28. The van der Waals surface area contributed by atoms with Gasteiger partial charge in [0.15, 0.2) is 0 Å². The van der Waals surface area contributed by atoms with Crippen molar-refractivity contribution in [2.24, 2.45) is 0 Å². The zero-order chi connectivity index (χ0) is 11.1. The van der Waals surface area contributed by atoms with Gasteiger partial charge in [-0.1, -0.05) is 26.8 Å². The van der Waals surface area contributed by atoms with Gasteiger partial charge in [-0.3, -0.25) is 5.32 Å².